The van der Waals surface area contributed by atoms with Crippen LogP contribution < -0.4 is 5.56 Å². The molecule has 31 heavy (non-hydrogen) atoms. The molecule has 0 bridgehead atoms. The van der Waals surface area contributed by atoms with E-state index in [1.54, 1.807) is 16.2 Å². The summed E-state index contributed by atoms with van der Waals surface area (Å²) in [5.74, 6) is 1.50. The molecule has 0 saturated carbocycles. The smallest absolute Gasteiger partial charge is 0.259 e. The van der Waals surface area contributed by atoms with E-state index in [1.165, 1.54) is 28.6 Å². The second-order valence-electron chi connectivity index (χ2n) is 8.39. The van der Waals surface area contributed by atoms with Crippen molar-refractivity contribution < 1.29 is 13.2 Å². The van der Waals surface area contributed by atoms with E-state index in [0.717, 1.165) is 42.3 Å². The third-order valence-electron chi connectivity index (χ3n) is 6.06. The Balaban J connectivity index is 1.41. The lowest BCUT2D eigenvalue weighted by Gasteiger charge is -2.28. The van der Waals surface area contributed by atoms with Crippen molar-refractivity contribution in [3.05, 3.63) is 26.6 Å². The minimum Gasteiger partial charge on any atom is -0.338 e. The quantitative estimate of drug-likeness (QED) is 0.620. The number of hydrogen-bond donors (Lipinski definition) is 1. The molecule has 0 radical (unpaired) electrons. The lowest BCUT2D eigenvalue weighted by atomic mass is 9.97. The minimum absolute atomic E-state index is 0.0319. The summed E-state index contributed by atoms with van der Waals surface area (Å²) >= 11 is 3.04. The molecule has 7 nitrogen and oxygen atoms in total. The summed E-state index contributed by atoms with van der Waals surface area (Å²) in [6.07, 6.45) is 6.60. The number of hydrogen-bond acceptors (Lipinski definition) is 7. The average Bonchev–Trinajstić information content (AvgIpc) is 3.28. The van der Waals surface area contributed by atoms with Gasteiger partial charge in [-0.3, -0.25) is 9.59 Å². The fourth-order valence-electron chi connectivity index (χ4n) is 4.46. The highest BCUT2D eigenvalue weighted by molar-refractivity contribution is 7.99. The SMILES string of the molecule is CCCCN(C(=O)CSCc1nc2sc3c(c2c(=O)[nH]1)CCCC3)C1CCS(=O)(=O)C1. The Labute approximate surface area is 190 Å². The zero-order valence-corrected chi connectivity index (χ0v) is 20.3. The van der Waals surface area contributed by atoms with Crippen LogP contribution in [0.5, 0.6) is 0 Å². The van der Waals surface area contributed by atoms with Gasteiger partial charge in [-0.25, -0.2) is 13.4 Å². The van der Waals surface area contributed by atoms with E-state index in [0.29, 0.717) is 24.5 Å². The Kier molecular flexibility index (Phi) is 7.07. The number of amides is 1. The summed E-state index contributed by atoms with van der Waals surface area (Å²) in [7, 11) is -3.04. The number of nitrogens with zero attached hydrogens (tertiary/aromatic N) is 2. The maximum Gasteiger partial charge on any atom is 0.259 e. The van der Waals surface area contributed by atoms with Gasteiger partial charge in [-0.2, -0.15) is 0 Å². The van der Waals surface area contributed by atoms with Crippen LogP contribution >= 0.6 is 23.1 Å². The summed E-state index contributed by atoms with van der Waals surface area (Å²) in [5, 5.41) is 0.748. The van der Waals surface area contributed by atoms with Crippen LogP contribution in [0.4, 0.5) is 0 Å². The maximum atomic E-state index is 12.9. The van der Waals surface area contributed by atoms with Gasteiger partial charge in [0.15, 0.2) is 9.84 Å². The molecule has 1 aliphatic heterocycles. The van der Waals surface area contributed by atoms with E-state index >= 15 is 0 Å². The number of thioether (sulfide) groups is 1. The molecule has 1 atom stereocenters. The number of aromatic amines is 1. The highest BCUT2D eigenvalue weighted by atomic mass is 32.2. The number of carbonyl (C=O) groups is 1. The van der Waals surface area contributed by atoms with E-state index in [-0.39, 0.29) is 34.8 Å². The first kappa shape index (κ1) is 22.8. The lowest BCUT2D eigenvalue weighted by Crippen LogP contribution is -2.42. The molecule has 1 saturated heterocycles. The van der Waals surface area contributed by atoms with Gasteiger partial charge in [-0.15, -0.1) is 23.1 Å². The van der Waals surface area contributed by atoms with Gasteiger partial charge in [-0.05, 0) is 44.1 Å². The zero-order valence-electron chi connectivity index (χ0n) is 17.8. The Hall–Kier alpha value is -1.39. The molecule has 1 aliphatic carbocycles. The molecule has 1 unspecified atom stereocenters. The molecule has 2 aliphatic rings. The topological polar surface area (TPSA) is 100 Å². The second kappa shape index (κ2) is 9.62. The maximum absolute atomic E-state index is 12.9. The monoisotopic (exact) mass is 483 g/mol. The number of rotatable bonds is 8. The third-order valence-corrected chi connectivity index (χ3v) is 9.93. The summed E-state index contributed by atoms with van der Waals surface area (Å²) < 4.78 is 23.7. The number of carbonyl (C=O) groups excluding carboxylic acids is 1. The zero-order chi connectivity index (χ0) is 22.0. The van der Waals surface area contributed by atoms with Crippen molar-refractivity contribution in [2.75, 3.05) is 23.8 Å². The molecule has 4 rings (SSSR count). The Bertz CT molecular complexity index is 1120. The highest BCUT2D eigenvalue weighted by Gasteiger charge is 2.34. The fraction of sp³-hybridized carbons (Fsp3) is 0.667. The van der Waals surface area contributed by atoms with Crippen LogP contribution in [0, 0.1) is 0 Å². The van der Waals surface area contributed by atoms with Gasteiger partial charge >= 0.3 is 0 Å². The number of aryl methyl sites for hydroxylation is 2. The Morgan fingerprint density at radius 2 is 2.13 bits per heavy atom. The average molecular weight is 484 g/mol. The van der Waals surface area contributed by atoms with Gasteiger partial charge in [0.05, 0.1) is 28.4 Å². The van der Waals surface area contributed by atoms with Gasteiger partial charge in [0.25, 0.3) is 5.56 Å². The van der Waals surface area contributed by atoms with E-state index in [1.807, 2.05) is 0 Å². The molecule has 2 aromatic heterocycles. The first-order valence-electron chi connectivity index (χ1n) is 11.0. The van der Waals surface area contributed by atoms with E-state index in [9.17, 15) is 18.0 Å². The molecule has 1 N–H and O–H groups in total. The van der Waals surface area contributed by atoms with Crippen molar-refractivity contribution in [3.63, 3.8) is 0 Å². The molecule has 0 aromatic carbocycles. The number of fused-ring (bicyclic) bond motifs is 3. The largest absolute Gasteiger partial charge is 0.338 e. The summed E-state index contributed by atoms with van der Waals surface area (Å²) in [5.41, 5.74) is 1.10. The van der Waals surface area contributed by atoms with Crippen molar-refractivity contribution >= 4 is 49.1 Å². The molecule has 10 heteroatoms. The molecule has 1 amide bonds. The predicted molar refractivity (Wildman–Crippen MR) is 127 cm³/mol. The molecule has 1 fully saturated rings. The van der Waals surface area contributed by atoms with E-state index in [2.05, 4.69) is 16.9 Å². The first-order valence-corrected chi connectivity index (χ1v) is 14.8. The predicted octanol–water partition coefficient (Wildman–Crippen LogP) is 2.91. The van der Waals surface area contributed by atoms with Crippen LogP contribution in [0.25, 0.3) is 10.2 Å². The minimum atomic E-state index is -3.04. The first-order chi connectivity index (χ1) is 14.9. The van der Waals surface area contributed by atoms with E-state index in [4.69, 9.17) is 0 Å². The van der Waals surface area contributed by atoms with Crippen LogP contribution in [0.3, 0.4) is 0 Å². The van der Waals surface area contributed by atoms with Gasteiger partial charge in [0, 0.05) is 17.5 Å². The number of aromatic nitrogens is 2. The van der Waals surface area contributed by atoms with Gasteiger partial charge in [0.1, 0.15) is 10.7 Å². The molecule has 0 spiro atoms. The molecular weight excluding hydrogens is 454 g/mol. The highest BCUT2D eigenvalue weighted by Crippen LogP contribution is 2.33. The number of nitrogens with one attached hydrogen (secondary N) is 1. The number of H-pyrrole nitrogens is 1. The second-order valence-corrected chi connectivity index (χ2v) is 12.7. The molecular formula is C21H29N3O4S3. The number of unbranched alkanes of at least 4 members (excludes halogenated alkanes) is 1. The number of thiophene rings is 1. The van der Waals surface area contributed by atoms with Crippen LogP contribution in [-0.2, 0) is 33.2 Å². The Morgan fingerprint density at radius 3 is 2.87 bits per heavy atom. The van der Waals surface area contributed by atoms with Crippen LogP contribution in [0.2, 0.25) is 0 Å². The van der Waals surface area contributed by atoms with Crippen molar-refractivity contribution in [2.24, 2.45) is 0 Å². The molecule has 170 valence electrons. The fourth-order valence-corrected chi connectivity index (χ4v) is 8.24. The van der Waals surface area contributed by atoms with Crippen LogP contribution in [0.15, 0.2) is 4.79 Å². The summed E-state index contributed by atoms with van der Waals surface area (Å²) in [6.45, 7) is 2.65. The van der Waals surface area contributed by atoms with Gasteiger partial charge in [0.2, 0.25) is 5.91 Å². The molecule has 3 heterocycles. The van der Waals surface area contributed by atoms with Crippen molar-refractivity contribution in [1.82, 2.24) is 14.9 Å². The van der Waals surface area contributed by atoms with Crippen molar-refractivity contribution in [2.45, 2.75) is 63.7 Å². The van der Waals surface area contributed by atoms with Crippen molar-refractivity contribution in [1.29, 1.82) is 0 Å². The molecule has 2 aromatic rings. The van der Waals surface area contributed by atoms with E-state index < -0.39 is 9.84 Å². The lowest BCUT2D eigenvalue weighted by molar-refractivity contribution is -0.130. The number of sulfone groups is 1. The van der Waals surface area contributed by atoms with Gasteiger partial charge < -0.3 is 9.88 Å². The van der Waals surface area contributed by atoms with Crippen LogP contribution in [-0.4, -0.2) is 59.0 Å². The normalized spacial score (nSPS) is 20.1. The Morgan fingerprint density at radius 1 is 1.32 bits per heavy atom. The standard InChI is InChI=1S/C21H29N3O4S3/c1-2-3-9-24(14-8-10-31(27,28)13-14)18(25)12-29-11-17-22-20(26)19-15-6-4-5-7-16(15)30-21(19)23-17/h14H,2-13H2,1H3,(H,22,23,26). The van der Waals surface area contributed by atoms with Gasteiger partial charge in [-0.1, -0.05) is 13.3 Å². The third kappa shape index (κ3) is 5.17. The summed E-state index contributed by atoms with van der Waals surface area (Å²) in [6, 6.07) is -0.212. The van der Waals surface area contributed by atoms with Crippen molar-refractivity contribution in [3.8, 4) is 0 Å². The van der Waals surface area contributed by atoms with Crippen LogP contribution in [0.1, 0.15) is 55.3 Å². The summed E-state index contributed by atoms with van der Waals surface area (Å²) in [4.78, 5) is 37.0.